The van der Waals surface area contributed by atoms with Gasteiger partial charge in [-0.3, -0.25) is 13.8 Å². The van der Waals surface area contributed by atoms with Gasteiger partial charge in [0.1, 0.15) is 0 Å². The molecule has 2 fully saturated rings. The van der Waals surface area contributed by atoms with Crippen molar-refractivity contribution in [3.05, 3.63) is 35.9 Å². The first-order valence-electron chi connectivity index (χ1n) is 10.1. The van der Waals surface area contributed by atoms with E-state index in [2.05, 4.69) is 5.32 Å². The highest BCUT2D eigenvalue weighted by atomic mass is 31.2. The maximum Gasteiger partial charge on any atom is 0.411 e. The van der Waals surface area contributed by atoms with Crippen LogP contribution >= 0.6 is 16.2 Å². The fraction of sp³-hybridized carbons (Fsp3) is 0.650. The lowest BCUT2D eigenvalue weighted by atomic mass is 9.96. The zero-order valence-corrected chi connectivity index (χ0v) is 19.7. The third-order valence-corrected chi connectivity index (χ3v) is 7.98. The van der Waals surface area contributed by atoms with Gasteiger partial charge in [0, 0.05) is 12.0 Å². The smallest absolute Gasteiger partial charge is 0.389 e. The van der Waals surface area contributed by atoms with Gasteiger partial charge in [0.15, 0.2) is 5.85 Å². The molecule has 0 bridgehead atoms. The van der Waals surface area contributed by atoms with Crippen LogP contribution in [0.1, 0.15) is 33.3 Å². The Morgan fingerprint density at radius 2 is 1.80 bits per heavy atom. The molecule has 2 unspecified atom stereocenters. The Morgan fingerprint density at radius 3 is 2.43 bits per heavy atom. The van der Waals surface area contributed by atoms with Gasteiger partial charge < -0.3 is 18.9 Å². The summed E-state index contributed by atoms with van der Waals surface area (Å²) in [5, 5.41) is 3.23. The van der Waals surface area contributed by atoms with E-state index in [1.807, 2.05) is 44.2 Å². The van der Waals surface area contributed by atoms with Crippen molar-refractivity contribution >= 4 is 22.2 Å². The lowest BCUT2D eigenvalue weighted by Gasteiger charge is -2.38. The predicted molar refractivity (Wildman–Crippen MR) is 114 cm³/mol. The molecule has 1 aromatic rings. The number of carbonyl (C=O) groups excluding carboxylic acids is 1. The summed E-state index contributed by atoms with van der Waals surface area (Å²) in [5.41, 5.74) is 0.210. The minimum absolute atomic E-state index is 0.000340. The van der Waals surface area contributed by atoms with Crippen molar-refractivity contribution in [2.45, 2.75) is 40.0 Å². The highest BCUT2D eigenvalue weighted by Gasteiger charge is 2.51. The van der Waals surface area contributed by atoms with E-state index in [1.54, 1.807) is 13.8 Å². The third kappa shape index (κ3) is 6.33. The van der Waals surface area contributed by atoms with Crippen molar-refractivity contribution in [1.82, 2.24) is 5.32 Å². The molecule has 8 nitrogen and oxygen atoms in total. The zero-order chi connectivity index (χ0) is 21.8. The maximum atomic E-state index is 13.4. The summed E-state index contributed by atoms with van der Waals surface area (Å²) in [6.45, 7) is 9.16. The van der Waals surface area contributed by atoms with Gasteiger partial charge in [0.25, 0.3) is 0 Å². The van der Waals surface area contributed by atoms with Gasteiger partial charge in [-0.25, -0.2) is 4.57 Å². The van der Waals surface area contributed by atoms with Crippen LogP contribution in [0, 0.1) is 10.8 Å². The number of benzene rings is 1. The van der Waals surface area contributed by atoms with Gasteiger partial charge in [0.05, 0.1) is 25.2 Å². The van der Waals surface area contributed by atoms with Gasteiger partial charge in [-0.15, -0.1) is 0 Å². The number of hydrogen-bond acceptors (Lipinski definition) is 8. The second-order valence-electron chi connectivity index (χ2n) is 9.01. The first-order chi connectivity index (χ1) is 14.1. The van der Waals surface area contributed by atoms with E-state index in [1.165, 1.54) is 5.56 Å². The quantitative estimate of drug-likeness (QED) is 0.456. The highest BCUT2D eigenvalue weighted by Crippen LogP contribution is 2.62. The second kappa shape index (κ2) is 9.74. The largest absolute Gasteiger partial charge is 0.411 e. The fourth-order valence-electron chi connectivity index (χ4n) is 2.72. The molecule has 2 aliphatic heterocycles. The standard InChI is InChI=1S/C20H31NO7P2/c1-19(2)13-24-29(25-14-19)27-17(12-21-11-10-16-8-6-5-7-9-16)30(23)26-15-20(3,4)18(22)28-30/h5-9,17,21H,10-15H2,1-4H3. The molecule has 0 saturated carbocycles. The van der Waals surface area contributed by atoms with E-state index in [4.69, 9.17) is 22.6 Å². The summed E-state index contributed by atoms with van der Waals surface area (Å²) < 4.78 is 41.4. The summed E-state index contributed by atoms with van der Waals surface area (Å²) in [4.78, 5) is 12.3. The van der Waals surface area contributed by atoms with Gasteiger partial charge >= 0.3 is 22.2 Å². The molecular weight excluding hydrogens is 428 g/mol. The molecule has 0 aliphatic carbocycles. The van der Waals surface area contributed by atoms with E-state index < -0.39 is 33.4 Å². The topological polar surface area (TPSA) is 92.3 Å². The van der Waals surface area contributed by atoms with Crippen LogP contribution in [0.4, 0.5) is 0 Å². The molecule has 0 radical (unpaired) electrons. The number of rotatable bonds is 8. The monoisotopic (exact) mass is 459 g/mol. The Balaban J connectivity index is 1.62. The van der Waals surface area contributed by atoms with Crippen LogP contribution in [0.2, 0.25) is 0 Å². The summed E-state index contributed by atoms with van der Waals surface area (Å²) in [5.74, 6) is -1.57. The Morgan fingerprint density at radius 1 is 1.13 bits per heavy atom. The SMILES string of the molecule is CC1(C)COP(OC(CNCCc2ccccc2)P2(=O)OCC(C)(C)C(=O)O2)OC1. The van der Waals surface area contributed by atoms with Crippen molar-refractivity contribution in [3.63, 3.8) is 0 Å². The van der Waals surface area contributed by atoms with Crippen molar-refractivity contribution < 1.29 is 32.0 Å². The van der Waals surface area contributed by atoms with Crippen LogP contribution in [0.25, 0.3) is 0 Å². The first-order valence-corrected chi connectivity index (χ1v) is 12.8. The molecule has 1 aromatic carbocycles. The van der Waals surface area contributed by atoms with Crippen LogP contribution in [0.15, 0.2) is 30.3 Å². The molecule has 0 spiro atoms. The molecule has 0 amide bonds. The summed E-state index contributed by atoms with van der Waals surface area (Å²) >= 11 is 0. The molecule has 168 valence electrons. The van der Waals surface area contributed by atoms with E-state index in [-0.39, 0.29) is 18.6 Å². The predicted octanol–water partition coefficient (Wildman–Crippen LogP) is 4.25. The molecule has 2 atom stereocenters. The molecule has 2 aliphatic rings. The average Bonchev–Trinajstić information content (AvgIpc) is 2.70. The molecule has 2 saturated heterocycles. The van der Waals surface area contributed by atoms with Crippen molar-refractivity contribution in [2.24, 2.45) is 10.8 Å². The van der Waals surface area contributed by atoms with Gasteiger partial charge in [0.2, 0.25) is 0 Å². The molecule has 0 aromatic heterocycles. The third-order valence-electron chi connectivity index (χ3n) is 4.80. The Bertz CT molecular complexity index is 762. The molecule has 2 heterocycles. The van der Waals surface area contributed by atoms with Gasteiger partial charge in [-0.2, -0.15) is 0 Å². The molecule has 1 N–H and O–H groups in total. The lowest BCUT2D eigenvalue weighted by Crippen LogP contribution is -2.40. The van der Waals surface area contributed by atoms with E-state index in [0.717, 1.165) is 6.42 Å². The van der Waals surface area contributed by atoms with Gasteiger partial charge in [-0.1, -0.05) is 44.2 Å². The summed E-state index contributed by atoms with van der Waals surface area (Å²) in [6.07, 6.45) is 0.793. The van der Waals surface area contributed by atoms with Crippen molar-refractivity contribution in [1.29, 1.82) is 0 Å². The first kappa shape index (κ1) is 23.8. The number of carbonyl (C=O) groups is 1. The minimum Gasteiger partial charge on any atom is -0.389 e. The van der Waals surface area contributed by atoms with Crippen molar-refractivity contribution in [3.8, 4) is 0 Å². The average molecular weight is 459 g/mol. The lowest BCUT2D eigenvalue weighted by molar-refractivity contribution is -0.151. The van der Waals surface area contributed by atoms with E-state index >= 15 is 0 Å². The van der Waals surface area contributed by atoms with Crippen LogP contribution < -0.4 is 5.32 Å². The van der Waals surface area contributed by atoms with Gasteiger partial charge in [-0.05, 0) is 32.4 Å². The van der Waals surface area contributed by atoms with E-state index in [0.29, 0.717) is 19.8 Å². The summed E-state index contributed by atoms with van der Waals surface area (Å²) in [6, 6.07) is 10.0. The fourth-order valence-corrected chi connectivity index (χ4v) is 6.46. The minimum atomic E-state index is -3.85. The molecule has 30 heavy (non-hydrogen) atoms. The van der Waals surface area contributed by atoms with Crippen molar-refractivity contribution in [2.75, 3.05) is 32.9 Å². The maximum absolute atomic E-state index is 13.4. The van der Waals surface area contributed by atoms with Crippen LogP contribution in [-0.2, 0) is 38.4 Å². The molecule has 10 heteroatoms. The normalized spacial score (nSPS) is 27.4. The number of nitrogens with one attached hydrogen (secondary N) is 1. The molecular formula is C20H31NO7P2. The van der Waals surface area contributed by atoms with Crippen LogP contribution in [0.5, 0.6) is 0 Å². The Hall–Kier alpha value is -0.850. The van der Waals surface area contributed by atoms with E-state index in [9.17, 15) is 9.36 Å². The highest BCUT2D eigenvalue weighted by molar-refractivity contribution is 7.55. The Kier molecular flexibility index (Phi) is 7.73. The van der Waals surface area contributed by atoms with Crippen LogP contribution in [-0.4, -0.2) is 44.7 Å². The number of hydrogen-bond donors (Lipinski definition) is 1. The van der Waals surface area contributed by atoms with Crippen LogP contribution in [0.3, 0.4) is 0 Å². The molecule has 3 rings (SSSR count). The Labute approximate surface area is 179 Å². The second-order valence-corrected chi connectivity index (χ2v) is 12.3. The summed E-state index contributed by atoms with van der Waals surface area (Å²) in [7, 11) is -5.56. The zero-order valence-electron chi connectivity index (χ0n) is 18.0.